The molecule has 0 amide bonds. The Morgan fingerprint density at radius 3 is 2.59 bits per heavy atom. The van der Waals surface area contributed by atoms with Gasteiger partial charge in [0.25, 0.3) is 0 Å². The smallest absolute Gasteiger partial charge is 0.337 e. The quantitative estimate of drug-likeness (QED) is 0.297. The molecule has 6 rings (SSSR count). The monoisotopic (exact) mass is 454 g/mol. The summed E-state index contributed by atoms with van der Waals surface area (Å²) >= 11 is 0. The molecule has 3 aromatic rings. The Bertz CT molecular complexity index is 1220. The van der Waals surface area contributed by atoms with Crippen LogP contribution < -0.4 is 9.47 Å². The highest BCUT2D eigenvalue weighted by Crippen LogP contribution is 2.53. The largest absolute Gasteiger partial charge is 0.493 e. The minimum absolute atomic E-state index is 0.000767. The van der Waals surface area contributed by atoms with Gasteiger partial charge in [0, 0.05) is 5.56 Å². The summed E-state index contributed by atoms with van der Waals surface area (Å²) in [6.07, 6.45) is 6.62. The minimum atomic E-state index is -0.327. The summed E-state index contributed by atoms with van der Waals surface area (Å²) in [4.78, 5) is 12.8. The van der Waals surface area contributed by atoms with Gasteiger partial charge in [0.05, 0.1) is 12.7 Å². The second kappa shape index (κ2) is 8.92. The van der Waals surface area contributed by atoms with Crippen LogP contribution in [0.4, 0.5) is 0 Å². The lowest BCUT2D eigenvalue weighted by Crippen LogP contribution is -2.18. The number of carbonyl (C=O) groups excluding carboxylic acids is 1. The molecule has 174 valence electrons. The number of rotatable bonds is 7. The van der Waals surface area contributed by atoms with E-state index in [-0.39, 0.29) is 18.7 Å². The maximum absolute atomic E-state index is 12.8. The third-order valence-corrected chi connectivity index (χ3v) is 6.95. The van der Waals surface area contributed by atoms with Crippen molar-refractivity contribution in [2.45, 2.75) is 57.5 Å². The van der Waals surface area contributed by atoms with Crippen LogP contribution in [0.25, 0.3) is 22.3 Å². The topological polar surface area (TPSA) is 44.8 Å². The lowest BCUT2D eigenvalue weighted by Gasteiger charge is -2.23. The number of hydrogen-bond acceptors (Lipinski definition) is 4. The van der Waals surface area contributed by atoms with Gasteiger partial charge in [0.15, 0.2) is 0 Å². The van der Waals surface area contributed by atoms with Crippen molar-refractivity contribution in [1.82, 2.24) is 0 Å². The van der Waals surface area contributed by atoms with Crippen LogP contribution in [0, 0.1) is 6.92 Å². The van der Waals surface area contributed by atoms with Crippen molar-refractivity contribution in [2.75, 3.05) is 13.2 Å². The predicted octanol–water partition coefficient (Wildman–Crippen LogP) is 6.62. The molecule has 4 nitrogen and oxygen atoms in total. The van der Waals surface area contributed by atoms with E-state index in [0.717, 1.165) is 67.6 Å². The summed E-state index contributed by atoms with van der Waals surface area (Å²) in [5.74, 6) is 1.78. The Morgan fingerprint density at radius 1 is 1.00 bits per heavy atom. The lowest BCUT2D eigenvalue weighted by molar-refractivity contribution is -0.139. The van der Waals surface area contributed by atoms with Gasteiger partial charge in [-0.25, -0.2) is 4.79 Å². The van der Waals surface area contributed by atoms with E-state index >= 15 is 0 Å². The molecule has 2 fully saturated rings. The van der Waals surface area contributed by atoms with E-state index < -0.39 is 0 Å². The second-order valence-corrected chi connectivity index (χ2v) is 9.76. The third kappa shape index (κ3) is 4.35. The normalized spacial score (nSPS) is 17.1. The zero-order valence-corrected chi connectivity index (χ0v) is 19.6. The van der Waals surface area contributed by atoms with Crippen LogP contribution >= 0.6 is 0 Å². The molecule has 3 aromatic carbocycles. The standard InChI is InChI=1S/C30H30O4/c1-19-16-25(20-6-3-2-4-7-20)28(21-9-10-21)29(30(19)34-27(31)18-33-24-12-13-24)23-11-14-26-22(17-23)8-5-15-32-26/h2-4,6-7,11,14,16-17,21,24H,5,8-10,12-13,15,18H2,1H3. The summed E-state index contributed by atoms with van der Waals surface area (Å²) in [6, 6.07) is 19.2. The van der Waals surface area contributed by atoms with E-state index in [2.05, 4.69) is 48.5 Å². The van der Waals surface area contributed by atoms with Crippen LogP contribution in [0.1, 0.15) is 54.7 Å². The summed E-state index contributed by atoms with van der Waals surface area (Å²) in [5.41, 5.74) is 8.06. The Hall–Kier alpha value is -3.11. The molecule has 0 atom stereocenters. The second-order valence-electron chi connectivity index (χ2n) is 9.76. The maximum Gasteiger partial charge on any atom is 0.337 e. The Morgan fingerprint density at radius 2 is 1.82 bits per heavy atom. The Labute approximate surface area is 200 Å². The van der Waals surface area contributed by atoms with Crippen LogP contribution in [0.3, 0.4) is 0 Å². The molecule has 0 spiro atoms. The molecular weight excluding hydrogens is 424 g/mol. The molecule has 4 heteroatoms. The van der Waals surface area contributed by atoms with Gasteiger partial charge in [-0.15, -0.1) is 0 Å². The first kappa shape index (κ1) is 21.4. The van der Waals surface area contributed by atoms with E-state index in [1.54, 1.807) is 0 Å². The molecule has 0 bridgehead atoms. The molecule has 1 heterocycles. The summed E-state index contributed by atoms with van der Waals surface area (Å²) in [6.45, 7) is 2.81. The van der Waals surface area contributed by atoms with E-state index in [0.29, 0.717) is 11.7 Å². The van der Waals surface area contributed by atoms with Crippen LogP contribution in [0.5, 0.6) is 11.5 Å². The van der Waals surface area contributed by atoms with Gasteiger partial charge in [-0.1, -0.05) is 36.4 Å². The van der Waals surface area contributed by atoms with E-state index in [9.17, 15) is 4.79 Å². The first-order valence-corrected chi connectivity index (χ1v) is 12.5. The molecule has 0 unspecified atom stereocenters. The Balaban J connectivity index is 1.50. The molecular formula is C30H30O4. The van der Waals surface area contributed by atoms with E-state index in [1.807, 2.05) is 13.0 Å². The first-order valence-electron chi connectivity index (χ1n) is 12.5. The third-order valence-electron chi connectivity index (χ3n) is 6.95. The van der Waals surface area contributed by atoms with Gasteiger partial charge in [0.1, 0.15) is 18.1 Å². The average Bonchev–Trinajstić information content (AvgIpc) is 3.78. The van der Waals surface area contributed by atoms with Crippen molar-refractivity contribution in [3.8, 4) is 33.8 Å². The summed E-state index contributed by atoms with van der Waals surface area (Å²) in [7, 11) is 0. The number of aryl methyl sites for hydroxylation is 2. The van der Waals surface area contributed by atoms with Gasteiger partial charge in [-0.2, -0.15) is 0 Å². The number of carbonyl (C=O) groups is 1. The van der Waals surface area contributed by atoms with Crippen molar-refractivity contribution in [2.24, 2.45) is 0 Å². The minimum Gasteiger partial charge on any atom is -0.493 e. The van der Waals surface area contributed by atoms with Crippen molar-refractivity contribution in [3.05, 3.63) is 71.3 Å². The molecule has 0 saturated heterocycles. The van der Waals surface area contributed by atoms with Gasteiger partial charge >= 0.3 is 5.97 Å². The fourth-order valence-corrected chi connectivity index (χ4v) is 4.96. The molecule has 0 aromatic heterocycles. The van der Waals surface area contributed by atoms with E-state index in [1.165, 1.54) is 22.3 Å². The molecule has 2 saturated carbocycles. The van der Waals surface area contributed by atoms with Crippen LogP contribution in [0.2, 0.25) is 0 Å². The van der Waals surface area contributed by atoms with Crippen LogP contribution in [-0.2, 0) is 16.0 Å². The van der Waals surface area contributed by atoms with Crippen LogP contribution in [0.15, 0.2) is 54.6 Å². The Kier molecular flexibility index (Phi) is 5.62. The highest BCUT2D eigenvalue weighted by molar-refractivity contribution is 5.88. The number of ether oxygens (including phenoxy) is 3. The molecule has 0 N–H and O–H groups in total. The zero-order chi connectivity index (χ0) is 23.1. The van der Waals surface area contributed by atoms with Gasteiger partial charge in [-0.05, 0) is 103 Å². The number of esters is 1. The molecule has 0 radical (unpaired) electrons. The fraction of sp³-hybridized carbons (Fsp3) is 0.367. The number of hydrogen-bond donors (Lipinski definition) is 0. The van der Waals surface area contributed by atoms with Crippen molar-refractivity contribution in [1.29, 1.82) is 0 Å². The highest BCUT2D eigenvalue weighted by Gasteiger charge is 2.33. The molecule has 1 aliphatic heterocycles. The zero-order valence-electron chi connectivity index (χ0n) is 19.6. The summed E-state index contributed by atoms with van der Waals surface area (Å²) < 4.78 is 17.6. The predicted molar refractivity (Wildman–Crippen MR) is 132 cm³/mol. The van der Waals surface area contributed by atoms with Crippen molar-refractivity contribution in [3.63, 3.8) is 0 Å². The summed E-state index contributed by atoms with van der Waals surface area (Å²) in [5, 5.41) is 0. The number of benzene rings is 3. The van der Waals surface area contributed by atoms with Crippen molar-refractivity contribution < 1.29 is 19.0 Å². The SMILES string of the molecule is Cc1cc(-c2ccccc2)c(C2CC2)c(-c2ccc3c(c2)CCCO3)c1OC(=O)COC1CC1. The van der Waals surface area contributed by atoms with Gasteiger partial charge in [-0.3, -0.25) is 0 Å². The average molecular weight is 455 g/mol. The fourth-order valence-electron chi connectivity index (χ4n) is 4.96. The number of fused-ring (bicyclic) bond motifs is 1. The highest BCUT2D eigenvalue weighted by atomic mass is 16.6. The van der Waals surface area contributed by atoms with Gasteiger partial charge < -0.3 is 14.2 Å². The molecule has 34 heavy (non-hydrogen) atoms. The van der Waals surface area contributed by atoms with Crippen molar-refractivity contribution >= 4 is 5.97 Å². The molecule has 2 aliphatic carbocycles. The first-order chi connectivity index (χ1) is 16.7. The van der Waals surface area contributed by atoms with Gasteiger partial charge in [0.2, 0.25) is 0 Å². The lowest BCUT2D eigenvalue weighted by atomic mass is 9.85. The maximum atomic E-state index is 12.8. The molecule has 3 aliphatic rings. The van der Waals surface area contributed by atoms with Crippen LogP contribution in [-0.4, -0.2) is 25.3 Å². The van der Waals surface area contributed by atoms with E-state index in [4.69, 9.17) is 14.2 Å².